The topological polar surface area (TPSA) is 384 Å². The van der Waals surface area contributed by atoms with E-state index in [9.17, 15) is 63.0 Å². The Hall–Kier alpha value is -2.48. The number of hydrogen-bond donors (Lipinski definition) is 10. The standard InChI is InChI=1S/C55H102N7O18P3S/c1-4-5-6-7-8-9-10-11-12-13-14-15-16-17-18-19-20-21-22-23-24-25-26-27-28-29-30-31-32-33-43(63)38-46(65)84-37-36-57-45(64)34-35-58-53(68)50(67)55(2,3)40-77-83(74,75)80-82(72,73)76-39-44-49(79-81(69,70)71)48(66)54(78-44)62-42-61-47-51(56)59-41-60-52(47)62/h41-44,48-50,54,63,66-67H,4-40H2,1-3H3,(H,57,64)(H,58,68)(H,72,73)(H,74,75)(H2,56,59,60)(H2,69,70,71)/t43-,44-,48-,49-,50+,54-/m1/s1. The second kappa shape index (κ2) is 41.7. The van der Waals surface area contributed by atoms with Gasteiger partial charge >= 0.3 is 23.5 Å². The number of hydrogen-bond acceptors (Lipinski definition) is 19. The molecule has 1 aliphatic rings. The lowest BCUT2D eigenvalue weighted by Crippen LogP contribution is -2.46. The van der Waals surface area contributed by atoms with Crippen LogP contribution < -0.4 is 16.4 Å². The zero-order valence-corrected chi connectivity index (χ0v) is 53.5. The molecule has 486 valence electrons. The quantitative estimate of drug-likeness (QED) is 0.0217. The van der Waals surface area contributed by atoms with Crippen LogP contribution in [-0.4, -0.2) is 134 Å². The van der Waals surface area contributed by atoms with E-state index >= 15 is 0 Å². The van der Waals surface area contributed by atoms with E-state index in [1.165, 1.54) is 181 Å². The minimum absolute atomic E-state index is 0.0278. The second-order valence-corrected chi connectivity index (χ2v) is 28.2. The van der Waals surface area contributed by atoms with Crippen LogP contribution in [0.4, 0.5) is 5.82 Å². The molecule has 1 aliphatic heterocycles. The van der Waals surface area contributed by atoms with Crippen LogP contribution in [-0.2, 0) is 50.7 Å². The van der Waals surface area contributed by atoms with E-state index in [4.69, 9.17) is 19.5 Å². The van der Waals surface area contributed by atoms with Crippen molar-refractivity contribution >= 4 is 69.1 Å². The molecule has 0 bridgehead atoms. The number of ether oxygens (including phenoxy) is 1. The molecule has 1 saturated heterocycles. The number of carbonyl (C=O) groups is 3. The van der Waals surface area contributed by atoms with E-state index in [0.29, 0.717) is 6.42 Å². The molecular weight excluding hydrogens is 1170 g/mol. The molecule has 0 radical (unpaired) electrons. The predicted molar refractivity (Wildman–Crippen MR) is 322 cm³/mol. The third kappa shape index (κ3) is 32.7. The maximum atomic E-state index is 12.8. The normalized spacial score (nSPS) is 18.8. The number of nitrogen functional groups attached to an aromatic ring is 1. The summed E-state index contributed by atoms with van der Waals surface area (Å²) in [6, 6.07) is 0. The van der Waals surface area contributed by atoms with Crippen LogP contribution in [0.15, 0.2) is 12.7 Å². The van der Waals surface area contributed by atoms with Gasteiger partial charge in [0.1, 0.15) is 36.3 Å². The molecule has 0 spiro atoms. The number of carbonyl (C=O) groups excluding carboxylic acids is 3. The Morgan fingerprint density at radius 3 is 1.70 bits per heavy atom. The fraction of sp³-hybridized carbons (Fsp3) is 0.855. The Balaban J connectivity index is 1.14. The molecule has 84 heavy (non-hydrogen) atoms. The van der Waals surface area contributed by atoms with Crippen molar-refractivity contribution in [3.63, 3.8) is 0 Å². The molecule has 11 N–H and O–H groups in total. The average molecular weight is 1270 g/mol. The first kappa shape index (κ1) is 75.8. The molecule has 3 heterocycles. The van der Waals surface area contributed by atoms with Gasteiger partial charge in [-0.3, -0.25) is 32.5 Å². The zero-order valence-electron chi connectivity index (χ0n) is 50.0. The molecule has 25 nitrogen and oxygen atoms in total. The lowest BCUT2D eigenvalue weighted by Gasteiger charge is -2.30. The Morgan fingerprint density at radius 1 is 0.714 bits per heavy atom. The van der Waals surface area contributed by atoms with E-state index in [1.807, 2.05) is 0 Å². The fourth-order valence-electron chi connectivity index (χ4n) is 9.87. The van der Waals surface area contributed by atoms with Gasteiger partial charge in [0.05, 0.1) is 25.6 Å². The number of thioether (sulfide) groups is 1. The molecule has 2 unspecified atom stereocenters. The Bertz CT molecular complexity index is 2320. The van der Waals surface area contributed by atoms with Gasteiger partial charge in [-0.25, -0.2) is 28.6 Å². The molecule has 0 aromatic carbocycles. The highest BCUT2D eigenvalue weighted by Gasteiger charge is 2.50. The lowest BCUT2D eigenvalue weighted by atomic mass is 9.87. The number of nitrogens with two attached hydrogens (primary N) is 1. The largest absolute Gasteiger partial charge is 0.481 e. The molecule has 3 rings (SSSR count). The van der Waals surface area contributed by atoms with Gasteiger partial charge in [-0.1, -0.05) is 219 Å². The van der Waals surface area contributed by atoms with Gasteiger partial charge in [-0.15, -0.1) is 0 Å². The number of rotatable bonds is 51. The summed E-state index contributed by atoms with van der Waals surface area (Å²) >= 11 is 1.01. The van der Waals surface area contributed by atoms with Crippen molar-refractivity contribution < 1.29 is 85.6 Å². The molecule has 29 heteroatoms. The first-order valence-corrected chi connectivity index (χ1v) is 36.2. The first-order chi connectivity index (χ1) is 39.9. The van der Waals surface area contributed by atoms with Crippen LogP contribution in [0.5, 0.6) is 0 Å². The number of unbranched alkanes of at least 4 members (excludes halogenated alkanes) is 28. The van der Waals surface area contributed by atoms with Crippen molar-refractivity contribution in [2.45, 2.75) is 263 Å². The number of anilines is 1. The van der Waals surface area contributed by atoms with E-state index in [-0.39, 0.29) is 53.8 Å². The summed E-state index contributed by atoms with van der Waals surface area (Å²) in [6.45, 7) is 2.70. The fourth-order valence-corrected chi connectivity index (χ4v) is 13.4. The number of fused-ring (bicyclic) bond motifs is 1. The summed E-state index contributed by atoms with van der Waals surface area (Å²) in [6.07, 6.45) is 31.8. The minimum atomic E-state index is -5.59. The molecule has 0 aliphatic carbocycles. The smallest absolute Gasteiger partial charge is 0.393 e. The molecule has 1 fully saturated rings. The van der Waals surface area contributed by atoms with Crippen molar-refractivity contribution in [3.05, 3.63) is 12.7 Å². The summed E-state index contributed by atoms with van der Waals surface area (Å²) in [7, 11) is -16.5. The number of aromatic nitrogens is 4. The van der Waals surface area contributed by atoms with Crippen LogP contribution in [0.25, 0.3) is 11.2 Å². The summed E-state index contributed by atoms with van der Waals surface area (Å²) in [5.74, 6) is -1.21. The number of amides is 2. The summed E-state index contributed by atoms with van der Waals surface area (Å²) in [5, 5.41) is 36.9. The maximum Gasteiger partial charge on any atom is 0.481 e. The second-order valence-electron chi connectivity index (χ2n) is 22.8. The minimum Gasteiger partial charge on any atom is -0.393 e. The summed E-state index contributed by atoms with van der Waals surface area (Å²) in [4.78, 5) is 88.9. The van der Waals surface area contributed by atoms with E-state index in [2.05, 4.69) is 41.3 Å². The highest BCUT2D eigenvalue weighted by atomic mass is 32.2. The van der Waals surface area contributed by atoms with Crippen LogP contribution in [0.1, 0.15) is 232 Å². The number of aliphatic hydroxyl groups excluding tert-OH is 3. The summed E-state index contributed by atoms with van der Waals surface area (Å²) in [5.41, 5.74) is 4.27. The van der Waals surface area contributed by atoms with Crippen LogP contribution >= 0.6 is 35.2 Å². The number of imidazole rings is 1. The number of aliphatic hydroxyl groups is 3. The molecule has 2 aromatic heterocycles. The number of nitrogens with one attached hydrogen (secondary N) is 2. The Kier molecular flexibility index (Phi) is 37.6. The SMILES string of the molecule is CCCCCCCCCCCCCCCCCCCCCCCCCCCCCCC[C@@H](O)CC(=O)SCCNC(=O)CCNC(=O)[C@H](O)C(C)(C)COP(=O)(O)OP(=O)(O)OC[C@H]1O[C@@H](n2cnc3c(N)ncnc32)[C@H](O)[C@@H]1OP(=O)(O)O. The average Bonchev–Trinajstić information content (AvgIpc) is 2.09. The van der Waals surface area contributed by atoms with E-state index in [1.54, 1.807) is 0 Å². The highest BCUT2D eigenvalue weighted by Crippen LogP contribution is 2.61. The van der Waals surface area contributed by atoms with Crippen molar-refractivity contribution in [2.75, 3.05) is 37.8 Å². The lowest BCUT2D eigenvalue weighted by molar-refractivity contribution is -0.137. The number of phosphoric acid groups is 3. The van der Waals surface area contributed by atoms with Crippen LogP contribution in [0.3, 0.4) is 0 Å². The predicted octanol–water partition coefficient (Wildman–Crippen LogP) is 10.1. The van der Waals surface area contributed by atoms with Gasteiger partial charge in [0.15, 0.2) is 22.8 Å². The molecule has 8 atom stereocenters. The van der Waals surface area contributed by atoms with Gasteiger partial charge < -0.3 is 56.0 Å². The van der Waals surface area contributed by atoms with Crippen molar-refractivity contribution in [2.24, 2.45) is 5.41 Å². The van der Waals surface area contributed by atoms with Gasteiger partial charge in [-0.05, 0) is 6.42 Å². The molecule has 2 aromatic rings. The van der Waals surface area contributed by atoms with Gasteiger partial charge in [0, 0.05) is 37.1 Å². The van der Waals surface area contributed by atoms with Crippen molar-refractivity contribution in [3.8, 4) is 0 Å². The monoisotopic (exact) mass is 1270 g/mol. The van der Waals surface area contributed by atoms with Crippen molar-refractivity contribution in [1.82, 2.24) is 30.2 Å². The number of nitrogens with zero attached hydrogens (tertiary/aromatic N) is 4. The summed E-state index contributed by atoms with van der Waals surface area (Å²) < 4.78 is 62.6. The Morgan fingerprint density at radius 2 is 1.20 bits per heavy atom. The van der Waals surface area contributed by atoms with Crippen molar-refractivity contribution in [1.29, 1.82) is 0 Å². The third-order valence-electron chi connectivity index (χ3n) is 14.8. The first-order valence-electron chi connectivity index (χ1n) is 30.7. The van der Waals surface area contributed by atoms with Gasteiger partial charge in [-0.2, -0.15) is 4.31 Å². The van der Waals surface area contributed by atoms with Crippen LogP contribution in [0, 0.1) is 5.41 Å². The zero-order chi connectivity index (χ0) is 61.9. The van der Waals surface area contributed by atoms with Gasteiger partial charge in [0.25, 0.3) is 0 Å². The molecule has 0 saturated carbocycles. The molecular formula is C55H102N7O18P3S. The number of phosphoric ester groups is 3. The maximum absolute atomic E-state index is 12.8. The van der Waals surface area contributed by atoms with E-state index < -0.39 is 90.7 Å². The van der Waals surface area contributed by atoms with Crippen LogP contribution in [0.2, 0.25) is 0 Å². The Labute approximate surface area is 501 Å². The van der Waals surface area contributed by atoms with Gasteiger partial charge in [0.2, 0.25) is 11.8 Å². The third-order valence-corrected chi connectivity index (χ3v) is 18.8. The molecule has 2 amide bonds. The highest BCUT2D eigenvalue weighted by molar-refractivity contribution is 8.13. The van der Waals surface area contributed by atoms with E-state index in [0.717, 1.165) is 48.2 Å².